The number of carboxylic acids is 1. The van der Waals surface area contributed by atoms with Gasteiger partial charge in [0.2, 0.25) is 0 Å². The van der Waals surface area contributed by atoms with E-state index < -0.39 is 18.1 Å². The zero-order chi connectivity index (χ0) is 46.3. The topological polar surface area (TPSA) is 99.1 Å². The normalized spacial score (nSPS) is 13.1. The van der Waals surface area contributed by atoms with E-state index in [0.29, 0.717) is 19.3 Å². The highest BCUT2D eigenvalue weighted by Gasteiger charge is 2.31. The molecule has 0 fully saturated rings. The van der Waals surface area contributed by atoms with Crippen molar-refractivity contribution in [2.45, 2.75) is 257 Å². The van der Waals surface area contributed by atoms with Crippen LogP contribution in [0.5, 0.6) is 0 Å². The highest BCUT2D eigenvalue weighted by atomic mass is 16.6. The van der Waals surface area contributed by atoms with Crippen molar-refractivity contribution in [1.29, 1.82) is 0 Å². The molecule has 2 unspecified atom stereocenters. The van der Waals surface area contributed by atoms with Crippen LogP contribution >= 0.6 is 0 Å². The molecule has 368 valence electrons. The molecule has 0 aromatic rings. The number of carbonyl (C=O) groups is 3. The number of carbonyl (C=O) groups excluding carboxylic acids is 2. The van der Waals surface area contributed by atoms with Crippen molar-refractivity contribution in [2.24, 2.45) is 0 Å². The lowest BCUT2D eigenvalue weighted by atomic mass is 10.0. The molecule has 0 aliphatic heterocycles. The second kappa shape index (κ2) is 46.1. The Balaban J connectivity index is 4.22. The number of nitrogens with zero attached hydrogens (tertiary/aromatic N) is 1. The van der Waals surface area contributed by atoms with E-state index in [-0.39, 0.29) is 36.2 Å². The van der Waals surface area contributed by atoms with E-state index in [0.717, 1.165) is 51.4 Å². The molecule has 0 saturated heterocycles. The number of hydrogen-bond donors (Lipinski definition) is 1. The minimum Gasteiger partial charge on any atom is -0.477 e. The van der Waals surface area contributed by atoms with Gasteiger partial charge in [-0.25, -0.2) is 4.79 Å². The molecule has 2 atom stereocenters. The quantitative estimate of drug-likeness (QED) is 0.0281. The molecule has 0 aromatic carbocycles. The molecule has 0 rings (SSSR count). The number of unbranched alkanes of at least 4 members (excludes halogenated alkanes) is 28. The maximum Gasteiger partial charge on any atom is 0.362 e. The van der Waals surface area contributed by atoms with E-state index in [1.54, 1.807) is 0 Å². The summed E-state index contributed by atoms with van der Waals surface area (Å²) in [4.78, 5) is 37.2. The van der Waals surface area contributed by atoms with Gasteiger partial charge in [-0.3, -0.25) is 9.59 Å². The minimum atomic E-state index is -0.875. The van der Waals surface area contributed by atoms with Crippen LogP contribution in [-0.4, -0.2) is 80.6 Å². The van der Waals surface area contributed by atoms with Gasteiger partial charge in [0.05, 0.1) is 34.4 Å². The first-order valence-electron chi connectivity index (χ1n) is 26.5. The van der Waals surface area contributed by atoms with Gasteiger partial charge in [-0.1, -0.05) is 192 Å². The maximum atomic E-state index is 12.8. The van der Waals surface area contributed by atoms with Crippen LogP contribution in [0.4, 0.5) is 0 Å². The molecule has 0 aromatic heterocycles. The largest absolute Gasteiger partial charge is 0.477 e. The van der Waals surface area contributed by atoms with Crippen molar-refractivity contribution in [2.75, 3.05) is 41.0 Å². The number of quaternary nitrogens is 1. The van der Waals surface area contributed by atoms with Crippen LogP contribution in [0, 0.1) is 0 Å². The summed E-state index contributed by atoms with van der Waals surface area (Å²) in [6.45, 7) is 4.73. The van der Waals surface area contributed by atoms with Gasteiger partial charge in [0, 0.05) is 19.3 Å². The summed E-state index contributed by atoms with van der Waals surface area (Å²) >= 11 is 0. The lowest BCUT2D eigenvalue weighted by Crippen LogP contribution is -2.50. The predicted molar refractivity (Wildman–Crippen MR) is 266 cm³/mol. The third-order valence-electron chi connectivity index (χ3n) is 12.0. The van der Waals surface area contributed by atoms with Crippen LogP contribution < -0.4 is 0 Å². The Morgan fingerprint density at radius 1 is 0.476 bits per heavy atom. The van der Waals surface area contributed by atoms with Crippen LogP contribution in [-0.2, 0) is 28.6 Å². The summed E-state index contributed by atoms with van der Waals surface area (Å²) < 4.78 is 17.4. The molecule has 1 N–H and O–H groups in total. The Morgan fingerprint density at radius 3 is 1.27 bits per heavy atom. The monoisotopic (exact) mass is 889 g/mol. The zero-order valence-corrected chi connectivity index (χ0v) is 42.0. The Bertz CT molecular complexity index is 1130. The van der Waals surface area contributed by atoms with Crippen molar-refractivity contribution in [3.8, 4) is 0 Å². The fraction of sp³-hybridized carbons (Fsp3) is 0.836. The number of aliphatic carboxylic acids is 1. The minimum absolute atomic E-state index is 0.0551. The summed E-state index contributed by atoms with van der Waals surface area (Å²) in [5, 5.41) is 9.66. The fourth-order valence-corrected chi connectivity index (χ4v) is 7.88. The summed E-state index contributed by atoms with van der Waals surface area (Å²) in [5.41, 5.74) is 0. The highest BCUT2D eigenvalue weighted by molar-refractivity contribution is 5.72. The van der Waals surface area contributed by atoms with Crippen molar-refractivity contribution in [1.82, 2.24) is 0 Å². The summed E-state index contributed by atoms with van der Waals surface area (Å²) in [5.74, 6) is -1.47. The molecule has 0 spiro atoms. The van der Waals surface area contributed by atoms with Gasteiger partial charge in [-0.05, 0) is 70.6 Å². The molecule has 0 amide bonds. The molecule has 0 heterocycles. The summed E-state index contributed by atoms with van der Waals surface area (Å²) in [6.07, 6.45) is 54.8. The average Bonchev–Trinajstić information content (AvgIpc) is 3.24. The molecule has 0 bridgehead atoms. The SMILES string of the molecule is CCCCC/C=C/C/C=C/CCCCCCCCCC(=O)OCC(COCCC(C(=O)O)[N+](C)(C)C)OC(=O)CCCCCCCCC/C=C/CCCCCCCCCCCCC. The van der Waals surface area contributed by atoms with Crippen LogP contribution in [0.25, 0.3) is 0 Å². The lowest BCUT2D eigenvalue weighted by molar-refractivity contribution is -0.887. The molecule has 8 nitrogen and oxygen atoms in total. The standard InChI is InChI=1S/C55H101NO7/c1-6-8-10-12-14-16-18-20-22-24-25-26-27-28-30-32-34-36-38-40-42-44-46-54(58)63-51(49-61-48-47-52(55(59)60)56(3,4)5)50-62-53(57)45-43-41-39-37-35-33-31-29-23-21-19-17-15-13-11-9-7-2/h15,17,21,23,27-28,51-52H,6-14,16,18-20,22,24-26,29-50H2,1-5H3/p+1/b17-15+,23-21+,28-27+. The number of esters is 2. The molecular formula is C55H102NO7+. The van der Waals surface area contributed by atoms with Gasteiger partial charge in [0.15, 0.2) is 12.1 Å². The van der Waals surface area contributed by atoms with Crippen molar-refractivity contribution in [3.05, 3.63) is 36.5 Å². The Hall–Kier alpha value is -2.45. The van der Waals surface area contributed by atoms with E-state index in [1.807, 2.05) is 21.1 Å². The van der Waals surface area contributed by atoms with Gasteiger partial charge in [0.1, 0.15) is 6.61 Å². The first kappa shape index (κ1) is 60.5. The summed E-state index contributed by atoms with van der Waals surface area (Å²) in [6, 6.07) is -0.617. The number of rotatable bonds is 48. The highest BCUT2D eigenvalue weighted by Crippen LogP contribution is 2.15. The van der Waals surface area contributed by atoms with Gasteiger partial charge >= 0.3 is 17.9 Å². The van der Waals surface area contributed by atoms with E-state index in [9.17, 15) is 19.5 Å². The molecule has 0 aliphatic rings. The van der Waals surface area contributed by atoms with Crippen molar-refractivity contribution < 1.29 is 38.2 Å². The van der Waals surface area contributed by atoms with E-state index in [2.05, 4.69) is 50.3 Å². The molecule has 8 heteroatoms. The number of allylic oxidation sites excluding steroid dienone is 6. The Kier molecular flexibility index (Phi) is 44.3. The van der Waals surface area contributed by atoms with Gasteiger partial charge in [0.25, 0.3) is 0 Å². The molecule has 0 radical (unpaired) electrons. The number of hydrogen-bond acceptors (Lipinski definition) is 6. The first-order chi connectivity index (χ1) is 30.6. The van der Waals surface area contributed by atoms with Gasteiger partial charge in [-0.2, -0.15) is 0 Å². The second-order valence-corrected chi connectivity index (χ2v) is 19.1. The van der Waals surface area contributed by atoms with Crippen LogP contribution in [0.15, 0.2) is 36.5 Å². The van der Waals surface area contributed by atoms with Crippen LogP contribution in [0.2, 0.25) is 0 Å². The average molecular weight is 889 g/mol. The number of ether oxygens (including phenoxy) is 3. The first-order valence-corrected chi connectivity index (χ1v) is 26.5. The lowest BCUT2D eigenvalue weighted by Gasteiger charge is -2.31. The van der Waals surface area contributed by atoms with E-state index >= 15 is 0 Å². The predicted octanol–water partition coefficient (Wildman–Crippen LogP) is 15.4. The number of likely N-dealkylation sites (N-methyl/N-ethyl adjacent to an activating group) is 1. The maximum absolute atomic E-state index is 12.8. The van der Waals surface area contributed by atoms with Crippen molar-refractivity contribution >= 4 is 17.9 Å². The molecule has 0 aliphatic carbocycles. The van der Waals surface area contributed by atoms with Gasteiger partial charge in [-0.15, -0.1) is 0 Å². The van der Waals surface area contributed by atoms with Gasteiger partial charge < -0.3 is 23.8 Å². The molecule has 63 heavy (non-hydrogen) atoms. The second-order valence-electron chi connectivity index (χ2n) is 19.1. The Labute approximate surface area is 389 Å². The fourth-order valence-electron chi connectivity index (χ4n) is 7.88. The van der Waals surface area contributed by atoms with Crippen LogP contribution in [0.1, 0.15) is 245 Å². The molecular weight excluding hydrogens is 787 g/mol. The molecule has 0 saturated carbocycles. The van der Waals surface area contributed by atoms with E-state index in [4.69, 9.17) is 14.2 Å². The smallest absolute Gasteiger partial charge is 0.362 e. The van der Waals surface area contributed by atoms with Crippen molar-refractivity contribution in [3.63, 3.8) is 0 Å². The van der Waals surface area contributed by atoms with Crippen LogP contribution in [0.3, 0.4) is 0 Å². The summed E-state index contributed by atoms with van der Waals surface area (Å²) in [7, 11) is 5.54. The third-order valence-corrected chi connectivity index (χ3v) is 12.0. The van der Waals surface area contributed by atoms with E-state index in [1.165, 1.54) is 161 Å². The number of carboxylic acid groups (broad SMARTS) is 1. The Morgan fingerprint density at radius 2 is 0.841 bits per heavy atom. The third kappa shape index (κ3) is 44.5. The zero-order valence-electron chi connectivity index (χ0n) is 42.0.